The summed E-state index contributed by atoms with van der Waals surface area (Å²) in [5.41, 5.74) is -2.83. The summed E-state index contributed by atoms with van der Waals surface area (Å²) in [6, 6.07) is 5.11. The minimum absolute atomic E-state index is 0.0223. The molecule has 0 saturated carbocycles. The van der Waals surface area contributed by atoms with Crippen LogP contribution in [0.4, 0.5) is 18.9 Å². The fourth-order valence-corrected chi connectivity index (χ4v) is 4.05. The predicted octanol–water partition coefficient (Wildman–Crippen LogP) is 0.950. The zero-order valence-electron chi connectivity index (χ0n) is 22.2. The summed E-state index contributed by atoms with van der Waals surface area (Å²) in [7, 11) is 0. The van der Waals surface area contributed by atoms with E-state index < -0.39 is 66.5 Å². The SMILES string of the molecule is CC(C)(O)c1cc([C@H](CC(=O)O)NC(=O)CNC(=O)c2cc(O)cc(NC3NCC(O)CN3)c2)cc(C(F)(F)F)c1. The first-order valence-electron chi connectivity index (χ1n) is 12.5. The molecule has 0 aliphatic carbocycles. The molecule has 0 bridgehead atoms. The average molecular weight is 584 g/mol. The number of amides is 2. The van der Waals surface area contributed by atoms with Crippen LogP contribution in [-0.2, 0) is 21.4 Å². The maximum absolute atomic E-state index is 13.5. The average Bonchev–Trinajstić information content (AvgIpc) is 2.86. The van der Waals surface area contributed by atoms with E-state index in [0.29, 0.717) is 24.8 Å². The lowest BCUT2D eigenvalue weighted by atomic mass is 9.91. The number of aliphatic hydroxyl groups excluding tert-OH is 1. The van der Waals surface area contributed by atoms with Gasteiger partial charge in [0.1, 0.15) is 12.0 Å². The molecule has 1 aliphatic rings. The topological polar surface area (TPSA) is 192 Å². The molecule has 1 heterocycles. The molecule has 2 amide bonds. The van der Waals surface area contributed by atoms with Crippen molar-refractivity contribution in [2.45, 2.75) is 50.5 Å². The van der Waals surface area contributed by atoms with Crippen LogP contribution in [-0.4, -0.2) is 70.2 Å². The third-order valence-corrected chi connectivity index (χ3v) is 6.12. The van der Waals surface area contributed by atoms with Gasteiger partial charge >= 0.3 is 12.1 Å². The van der Waals surface area contributed by atoms with Crippen molar-refractivity contribution in [2.75, 3.05) is 25.0 Å². The second-order valence-corrected chi connectivity index (χ2v) is 10.1. The molecule has 2 aromatic carbocycles. The second kappa shape index (κ2) is 12.7. The maximum atomic E-state index is 13.5. The Morgan fingerprint density at radius 1 is 1.02 bits per heavy atom. The molecule has 1 saturated heterocycles. The van der Waals surface area contributed by atoms with Crippen molar-refractivity contribution in [3.63, 3.8) is 0 Å². The van der Waals surface area contributed by atoms with E-state index in [2.05, 4.69) is 26.6 Å². The van der Waals surface area contributed by atoms with Crippen molar-refractivity contribution >= 4 is 23.5 Å². The Labute approximate surface area is 232 Å². The standard InChI is InChI=1S/C26H32F3N5O7/c1-25(2,41)15-3-13(4-16(7-15)26(27,28)29)20(9-22(38)39)34-21(37)12-30-23(40)14-5-17(8-18(35)6-14)33-24-31-10-19(36)11-32-24/h3-8,19-20,24,31-33,35-36,41H,9-12H2,1-2H3,(H,30,40)(H,34,37)(H,38,39)/t19?,20-,24?/m0/s1. The molecule has 15 heteroatoms. The first kappa shape index (κ1) is 31.6. The first-order valence-corrected chi connectivity index (χ1v) is 12.5. The highest BCUT2D eigenvalue weighted by atomic mass is 19.4. The van der Waals surface area contributed by atoms with E-state index in [4.69, 9.17) is 0 Å². The number of phenolic OH excluding ortho intramolecular Hbond substituents is 1. The number of nitrogens with one attached hydrogen (secondary N) is 5. The van der Waals surface area contributed by atoms with Gasteiger partial charge in [0.2, 0.25) is 5.91 Å². The minimum Gasteiger partial charge on any atom is -0.508 e. The van der Waals surface area contributed by atoms with Crippen LogP contribution in [0, 0.1) is 0 Å². The van der Waals surface area contributed by atoms with Gasteiger partial charge in [0.15, 0.2) is 0 Å². The van der Waals surface area contributed by atoms with Gasteiger partial charge in [-0.25, -0.2) is 0 Å². The van der Waals surface area contributed by atoms with Crippen LogP contribution in [0.3, 0.4) is 0 Å². The Hall–Kier alpha value is -3.92. The largest absolute Gasteiger partial charge is 0.508 e. The van der Waals surface area contributed by atoms with Gasteiger partial charge in [0, 0.05) is 30.4 Å². The molecule has 41 heavy (non-hydrogen) atoms. The molecule has 2 aromatic rings. The highest BCUT2D eigenvalue weighted by molar-refractivity contribution is 5.97. The van der Waals surface area contributed by atoms with Crippen LogP contribution < -0.4 is 26.6 Å². The number of alkyl halides is 3. The minimum atomic E-state index is -4.80. The van der Waals surface area contributed by atoms with Gasteiger partial charge in [0.25, 0.3) is 5.91 Å². The number of halogens is 3. The number of carboxylic acids is 1. The zero-order chi connectivity index (χ0) is 30.5. The van der Waals surface area contributed by atoms with Crippen molar-refractivity contribution < 1.29 is 48.0 Å². The normalized spacial score (nSPS) is 18.3. The molecule has 0 radical (unpaired) electrons. The molecule has 0 unspecified atom stereocenters. The van der Waals surface area contributed by atoms with Gasteiger partial charge in [-0.05, 0) is 49.2 Å². The summed E-state index contributed by atoms with van der Waals surface area (Å²) in [6.07, 6.45) is -6.60. The van der Waals surface area contributed by atoms with E-state index in [1.54, 1.807) is 0 Å². The summed E-state index contributed by atoms with van der Waals surface area (Å²) in [5, 5.41) is 52.8. The molecular weight excluding hydrogens is 551 g/mol. The third kappa shape index (κ3) is 9.31. The summed E-state index contributed by atoms with van der Waals surface area (Å²) in [5.74, 6) is -3.32. The fourth-order valence-electron chi connectivity index (χ4n) is 4.05. The lowest BCUT2D eigenvalue weighted by Gasteiger charge is -2.29. The summed E-state index contributed by atoms with van der Waals surface area (Å²) >= 11 is 0. The summed E-state index contributed by atoms with van der Waals surface area (Å²) < 4.78 is 40.6. The molecule has 1 aliphatic heterocycles. The number of aromatic hydroxyl groups is 1. The second-order valence-electron chi connectivity index (χ2n) is 10.1. The highest BCUT2D eigenvalue weighted by Gasteiger charge is 2.34. The summed E-state index contributed by atoms with van der Waals surface area (Å²) in [6.45, 7) is 2.50. The summed E-state index contributed by atoms with van der Waals surface area (Å²) in [4.78, 5) is 36.8. The Balaban J connectivity index is 1.72. The van der Waals surface area contributed by atoms with E-state index in [-0.39, 0.29) is 22.4 Å². The number of hydrogen-bond acceptors (Lipinski definition) is 9. The number of aliphatic hydroxyl groups is 2. The van der Waals surface area contributed by atoms with E-state index in [9.17, 15) is 48.0 Å². The van der Waals surface area contributed by atoms with Crippen LogP contribution in [0.25, 0.3) is 0 Å². The number of anilines is 1. The van der Waals surface area contributed by atoms with Crippen molar-refractivity contribution in [2.24, 2.45) is 0 Å². The van der Waals surface area contributed by atoms with Gasteiger partial charge < -0.3 is 36.4 Å². The van der Waals surface area contributed by atoms with Crippen LogP contribution in [0.5, 0.6) is 5.75 Å². The third-order valence-electron chi connectivity index (χ3n) is 6.12. The number of carboxylic acid groups (broad SMARTS) is 1. The van der Waals surface area contributed by atoms with Crippen LogP contribution in [0.2, 0.25) is 0 Å². The lowest BCUT2D eigenvalue weighted by molar-refractivity contribution is -0.138. The quantitative estimate of drug-likeness (QED) is 0.195. The number of benzene rings is 2. The van der Waals surface area contributed by atoms with Gasteiger partial charge in [-0.3, -0.25) is 25.0 Å². The highest BCUT2D eigenvalue weighted by Crippen LogP contribution is 2.35. The lowest BCUT2D eigenvalue weighted by Crippen LogP contribution is -2.58. The molecule has 0 aromatic heterocycles. The predicted molar refractivity (Wildman–Crippen MR) is 140 cm³/mol. The first-order chi connectivity index (χ1) is 19.0. The Kier molecular flexibility index (Phi) is 9.81. The molecule has 9 N–H and O–H groups in total. The van der Waals surface area contributed by atoms with Gasteiger partial charge in [0.05, 0.1) is 36.3 Å². The number of aliphatic carboxylic acids is 1. The van der Waals surface area contributed by atoms with E-state index >= 15 is 0 Å². The monoisotopic (exact) mass is 583 g/mol. The van der Waals surface area contributed by atoms with E-state index in [0.717, 1.165) is 12.1 Å². The number of phenols is 1. The van der Waals surface area contributed by atoms with Crippen molar-refractivity contribution in [3.05, 3.63) is 58.7 Å². The van der Waals surface area contributed by atoms with Crippen molar-refractivity contribution in [3.8, 4) is 5.75 Å². The van der Waals surface area contributed by atoms with Crippen LogP contribution in [0.15, 0.2) is 36.4 Å². The molecule has 12 nitrogen and oxygen atoms in total. The van der Waals surface area contributed by atoms with Crippen molar-refractivity contribution in [1.29, 1.82) is 0 Å². The molecule has 0 spiro atoms. The van der Waals surface area contributed by atoms with Crippen molar-refractivity contribution in [1.82, 2.24) is 21.3 Å². The number of carbonyl (C=O) groups is 3. The van der Waals surface area contributed by atoms with E-state index in [1.807, 2.05) is 0 Å². The van der Waals surface area contributed by atoms with Crippen LogP contribution >= 0.6 is 0 Å². The molecule has 1 atom stereocenters. The number of carbonyl (C=O) groups excluding carboxylic acids is 2. The molecular formula is C26H32F3N5O7. The zero-order valence-corrected chi connectivity index (χ0v) is 22.2. The van der Waals surface area contributed by atoms with Crippen LogP contribution in [0.1, 0.15) is 53.4 Å². The number of β-amino-alcohol motifs (C(OH)–C–C–N with tert-alkyl or cyclic N) is 1. The van der Waals surface area contributed by atoms with Gasteiger partial charge in [-0.1, -0.05) is 6.07 Å². The number of rotatable bonds is 10. The maximum Gasteiger partial charge on any atom is 0.416 e. The van der Waals surface area contributed by atoms with Gasteiger partial charge in [-0.2, -0.15) is 13.2 Å². The Bertz CT molecular complexity index is 1240. The molecule has 224 valence electrons. The van der Waals surface area contributed by atoms with E-state index in [1.165, 1.54) is 32.0 Å². The fraction of sp³-hybridized carbons (Fsp3) is 0.423. The smallest absolute Gasteiger partial charge is 0.416 e. The Morgan fingerprint density at radius 2 is 1.66 bits per heavy atom. The Morgan fingerprint density at radius 3 is 2.24 bits per heavy atom. The molecule has 1 fully saturated rings. The molecule has 3 rings (SSSR count). The number of hydrogen-bond donors (Lipinski definition) is 9. The van der Waals surface area contributed by atoms with Gasteiger partial charge in [-0.15, -0.1) is 0 Å².